The van der Waals surface area contributed by atoms with Crippen LogP contribution in [-0.2, 0) is 0 Å². The average molecular weight is 222 g/mol. The standard InChI is InChI=1S/C10H8ClN3O/c1-5(2)10(15)6-3-4-7-9(8(6)11)13-14-12-7/h3-4H,1H2,2H3,(H,12,13,14). The van der Waals surface area contributed by atoms with E-state index in [4.69, 9.17) is 11.6 Å². The molecule has 5 heteroatoms. The molecule has 1 heterocycles. The average Bonchev–Trinajstić information content (AvgIpc) is 2.66. The molecule has 1 aromatic carbocycles. The van der Waals surface area contributed by atoms with E-state index in [0.717, 1.165) is 0 Å². The van der Waals surface area contributed by atoms with Crippen LogP contribution in [0.3, 0.4) is 0 Å². The summed E-state index contributed by atoms with van der Waals surface area (Å²) in [6, 6.07) is 3.36. The highest BCUT2D eigenvalue weighted by atomic mass is 35.5. The predicted molar refractivity (Wildman–Crippen MR) is 58.0 cm³/mol. The number of fused-ring (bicyclic) bond motifs is 1. The van der Waals surface area contributed by atoms with Crippen molar-refractivity contribution in [1.29, 1.82) is 0 Å². The first kappa shape index (κ1) is 9.86. The number of aromatic amines is 1. The Morgan fingerprint density at radius 2 is 2.27 bits per heavy atom. The fourth-order valence-electron chi connectivity index (χ4n) is 1.29. The van der Waals surface area contributed by atoms with Gasteiger partial charge in [0.05, 0.1) is 10.5 Å². The number of nitrogens with one attached hydrogen (secondary N) is 1. The molecule has 0 atom stereocenters. The van der Waals surface area contributed by atoms with Gasteiger partial charge in [-0.2, -0.15) is 0 Å². The van der Waals surface area contributed by atoms with Crippen LogP contribution in [0.5, 0.6) is 0 Å². The Morgan fingerprint density at radius 3 is 2.93 bits per heavy atom. The van der Waals surface area contributed by atoms with E-state index >= 15 is 0 Å². The van der Waals surface area contributed by atoms with Gasteiger partial charge < -0.3 is 0 Å². The molecule has 0 amide bonds. The molecule has 0 aliphatic rings. The van der Waals surface area contributed by atoms with E-state index in [9.17, 15) is 4.79 Å². The number of rotatable bonds is 2. The van der Waals surface area contributed by atoms with Gasteiger partial charge in [-0.15, -0.1) is 5.10 Å². The number of carbonyl (C=O) groups is 1. The van der Waals surface area contributed by atoms with Crippen LogP contribution < -0.4 is 0 Å². The van der Waals surface area contributed by atoms with Gasteiger partial charge in [-0.25, -0.2) is 0 Å². The zero-order valence-electron chi connectivity index (χ0n) is 8.04. The molecule has 2 aromatic rings. The van der Waals surface area contributed by atoms with E-state index < -0.39 is 0 Å². The van der Waals surface area contributed by atoms with Gasteiger partial charge in [-0.3, -0.25) is 9.89 Å². The third-order valence-corrected chi connectivity index (χ3v) is 2.45. The quantitative estimate of drug-likeness (QED) is 0.626. The molecule has 0 radical (unpaired) electrons. The lowest BCUT2D eigenvalue weighted by atomic mass is 10.1. The Hall–Kier alpha value is -1.68. The van der Waals surface area contributed by atoms with Gasteiger partial charge in [0.2, 0.25) is 0 Å². The third-order valence-electron chi connectivity index (χ3n) is 2.07. The smallest absolute Gasteiger partial charge is 0.189 e. The number of hydrogen-bond acceptors (Lipinski definition) is 3. The lowest BCUT2D eigenvalue weighted by molar-refractivity contribution is 0.103. The van der Waals surface area contributed by atoms with Crippen molar-refractivity contribution in [1.82, 2.24) is 15.4 Å². The summed E-state index contributed by atoms with van der Waals surface area (Å²) in [6.07, 6.45) is 0. The Kier molecular flexibility index (Phi) is 2.28. The summed E-state index contributed by atoms with van der Waals surface area (Å²) in [6.45, 7) is 5.23. The topological polar surface area (TPSA) is 58.6 Å². The van der Waals surface area contributed by atoms with Gasteiger partial charge >= 0.3 is 0 Å². The summed E-state index contributed by atoms with van der Waals surface area (Å²) >= 11 is 6.04. The number of benzene rings is 1. The maximum absolute atomic E-state index is 11.7. The number of H-pyrrole nitrogens is 1. The molecule has 0 saturated heterocycles. The first-order valence-electron chi connectivity index (χ1n) is 4.30. The summed E-state index contributed by atoms with van der Waals surface area (Å²) in [5, 5.41) is 10.4. The second-order valence-electron chi connectivity index (χ2n) is 3.24. The van der Waals surface area contributed by atoms with Gasteiger partial charge in [0.1, 0.15) is 5.52 Å². The van der Waals surface area contributed by atoms with Crippen molar-refractivity contribution in [2.24, 2.45) is 0 Å². The molecule has 2 rings (SSSR count). The van der Waals surface area contributed by atoms with E-state index in [-0.39, 0.29) is 5.78 Å². The van der Waals surface area contributed by atoms with E-state index in [1.54, 1.807) is 19.1 Å². The Bertz CT molecular complexity index is 559. The molecule has 1 N–H and O–H groups in total. The third kappa shape index (κ3) is 1.53. The monoisotopic (exact) mass is 221 g/mol. The van der Waals surface area contributed by atoms with Crippen molar-refractivity contribution in [3.8, 4) is 0 Å². The number of carbonyl (C=O) groups excluding carboxylic acids is 1. The Labute approximate surface area is 90.9 Å². The van der Waals surface area contributed by atoms with Gasteiger partial charge in [0, 0.05) is 5.56 Å². The van der Waals surface area contributed by atoms with Crippen LogP contribution in [0.4, 0.5) is 0 Å². The van der Waals surface area contributed by atoms with Crippen LogP contribution in [-0.4, -0.2) is 21.2 Å². The van der Waals surface area contributed by atoms with Gasteiger partial charge in [-0.05, 0) is 24.6 Å². The maximum atomic E-state index is 11.7. The summed E-state index contributed by atoms with van der Waals surface area (Å²) < 4.78 is 0. The number of halogens is 1. The minimum atomic E-state index is -0.176. The van der Waals surface area contributed by atoms with Crippen LogP contribution in [0.2, 0.25) is 5.02 Å². The van der Waals surface area contributed by atoms with Gasteiger partial charge in [0.15, 0.2) is 5.78 Å². The lowest BCUT2D eigenvalue weighted by Crippen LogP contribution is -2.00. The van der Waals surface area contributed by atoms with E-state index in [2.05, 4.69) is 22.0 Å². The highest BCUT2D eigenvalue weighted by Gasteiger charge is 2.14. The SMILES string of the molecule is C=C(C)C(=O)c1ccc2[nH]nnc2c1Cl. The maximum Gasteiger partial charge on any atom is 0.189 e. The lowest BCUT2D eigenvalue weighted by Gasteiger charge is -2.02. The fraction of sp³-hybridized carbons (Fsp3) is 0.100. The molecule has 0 aliphatic heterocycles. The van der Waals surface area contributed by atoms with Crippen molar-refractivity contribution in [3.63, 3.8) is 0 Å². The highest BCUT2D eigenvalue weighted by Crippen LogP contribution is 2.25. The molecule has 1 aromatic heterocycles. The van der Waals surface area contributed by atoms with Crippen molar-refractivity contribution in [3.05, 3.63) is 34.9 Å². The van der Waals surface area contributed by atoms with Crippen LogP contribution >= 0.6 is 11.6 Å². The zero-order chi connectivity index (χ0) is 11.0. The molecule has 15 heavy (non-hydrogen) atoms. The molecule has 0 fully saturated rings. The van der Waals surface area contributed by atoms with Crippen molar-refractivity contribution in [2.45, 2.75) is 6.92 Å². The second kappa shape index (κ2) is 3.47. The van der Waals surface area contributed by atoms with Gasteiger partial charge in [-0.1, -0.05) is 23.4 Å². The molecule has 76 valence electrons. The first-order chi connectivity index (χ1) is 7.11. The molecule has 0 saturated carbocycles. The highest BCUT2D eigenvalue weighted by molar-refractivity contribution is 6.38. The molecule has 0 aliphatic carbocycles. The second-order valence-corrected chi connectivity index (χ2v) is 3.62. The van der Waals surface area contributed by atoms with Crippen molar-refractivity contribution < 1.29 is 4.79 Å². The number of aromatic nitrogens is 3. The fourth-order valence-corrected chi connectivity index (χ4v) is 1.58. The van der Waals surface area contributed by atoms with E-state index in [1.807, 2.05) is 0 Å². The van der Waals surface area contributed by atoms with Crippen LogP contribution in [0.1, 0.15) is 17.3 Å². The summed E-state index contributed by atoms with van der Waals surface area (Å²) in [7, 11) is 0. The zero-order valence-corrected chi connectivity index (χ0v) is 8.80. The van der Waals surface area contributed by atoms with Crippen LogP contribution in [0, 0.1) is 0 Å². The predicted octanol–water partition coefficient (Wildman–Crippen LogP) is 2.37. The van der Waals surface area contributed by atoms with Crippen LogP contribution in [0.25, 0.3) is 11.0 Å². The van der Waals surface area contributed by atoms with Crippen molar-refractivity contribution in [2.75, 3.05) is 0 Å². The van der Waals surface area contributed by atoms with Crippen molar-refractivity contribution >= 4 is 28.4 Å². The summed E-state index contributed by atoms with van der Waals surface area (Å²) in [5.41, 5.74) is 2.06. The van der Waals surface area contributed by atoms with Gasteiger partial charge in [0.25, 0.3) is 0 Å². The number of Topliss-reactive ketones (excluding diaryl/α,β-unsaturated/α-hetero) is 1. The number of nitrogens with zero attached hydrogens (tertiary/aromatic N) is 2. The number of ketones is 1. The Balaban J connectivity index is 2.67. The summed E-state index contributed by atoms with van der Waals surface area (Å²) in [5.74, 6) is -0.176. The minimum Gasteiger partial charge on any atom is -0.289 e. The van der Waals surface area contributed by atoms with Crippen LogP contribution in [0.15, 0.2) is 24.3 Å². The van der Waals surface area contributed by atoms with E-state index in [1.165, 1.54) is 0 Å². The van der Waals surface area contributed by atoms with E-state index in [0.29, 0.717) is 27.2 Å². The first-order valence-corrected chi connectivity index (χ1v) is 4.68. The molecular formula is C10H8ClN3O. The molecular weight excluding hydrogens is 214 g/mol. The number of hydrogen-bond donors (Lipinski definition) is 1. The number of allylic oxidation sites excluding steroid dienone is 1. The summed E-state index contributed by atoms with van der Waals surface area (Å²) in [4.78, 5) is 11.7. The molecule has 0 bridgehead atoms. The minimum absolute atomic E-state index is 0.176. The Morgan fingerprint density at radius 1 is 1.53 bits per heavy atom. The molecule has 4 nitrogen and oxygen atoms in total. The molecule has 0 spiro atoms. The molecule has 0 unspecified atom stereocenters. The largest absolute Gasteiger partial charge is 0.289 e. The normalized spacial score (nSPS) is 10.5.